The molecule has 0 aromatic heterocycles. The molecule has 1 saturated heterocycles. The van der Waals surface area contributed by atoms with Crippen molar-refractivity contribution >= 4 is 5.91 Å². The van der Waals surface area contributed by atoms with Gasteiger partial charge in [0.25, 0.3) is 0 Å². The average Bonchev–Trinajstić information content (AvgIpc) is 3.68. The zero-order valence-electron chi connectivity index (χ0n) is 20.1. The van der Waals surface area contributed by atoms with Crippen LogP contribution in [0.2, 0.25) is 0 Å². The van der Waals surface area contributed by atoms with Crippen LogP contribution >= 0.6 is 0 Å². The highest BCUT2D eigenvalue weighted by atomic mass is 19.4. The third-order valence-corrected chi connectivity index (χ3v) is 7.33. The van der Waals surface area contributed by atoms with Crippen molar-refractivity contribution in [1.82, 2.24) is 10.2 Å². The first-order valence-corrected chi connectivity index (χ1v) is 12.4. The van der Waals surface area contributed by atoms with Crippen LogP contribution in [0.1, 0.15) is 60.3 Å². The molecule has 4 rings (SSSR count). The topological polar surface area (TPSA) is 32.3 Å². The van der Waals surface area contributed by atoms with Gasteiger partial charge in [-0.3, -0.25) is 4.79 Å². The molecule has 0 spiro atoms. The van der Waals surface area contributed by atoms with Crippen molar-refractivity contribution in [3.8, 4) is 0 Å². The molecule has 0 bridgehead atoms. The van der Waals surface area contributed by atoms with Crippen LogP contribution < -0.4 is 5.32 Å². The van der Waals surface area contributed by atoms with Gasteiger partial charge in [0.1, 0.15) is 5.82 Å². The fourth-order valence-corrected chi connectivity index (χ4v) is 5.07. The molecule has 1 N–H and O–H groups in total. The Balaban J connectivity index is 1.31. The summed E-state index contributed by atoms with van der Waals surface area (Å²) in [5.41, 5.74) is -1.92. The molecule has 1 saturated carbocycles. The second-order valence-corrected chi connectivity index (χ2v) is 10.0. The van der Waals surface area contributed by atoms with Crippen LogP contribution in [-0.4, -0.2) is 30.4 Å². The number of nitrogens with zero attached hydrogens (tertiary/aromatic N) is 1. The van der Waals surface area contributed by atoms with Gasteiger partial charge >= 0.3 is 12.4 Å². The van der Waals surface area contributed by atoms with Crippen LogP contribution in [0, 0.1) is 17.7 Å². The summed E-state index contributed by atoms with van der Waals surface area (Å²) in [6.07, 6.45) is -5.68. The molecule has 0 radical (unpaired) electrons. The lowest BCUT2D eigenvalue weighted by atomic mass is 9.89. The van der Waals surface area contributed by atoms with Crippen LogP contribution in [0.3, 0.4) is 0 Å². The molecule has 1 heterocycles. The number of carbonyl (C=O) groups excluding carboxylic acids is 1. The van der Waals surface area contributed by atoms with Gasteiger partial charge in [-0.05, 0) is 105 Å². The van der Waals surface area contributed by atoms with Gasteiger partial charge in [0.05, 0.1) is 11.1 Å². The maximum atomic E-state index is 13.2. The lowest BCUT2D eigenvalue weighted by Crippen LogP contribution is -2.37. The SMILES string of the molecule is O=C(NCc1cc(C(F)(F)F)cc(C(F)(F)F)c1)C(CCN1CCC(c2ccc(F)cc2)CC1)C1CC1. The van der Waals surface area contributed by atoms with E-state index in [0.29, 0.717) is 31.0 Å². The molecule has 2 aliphatic rings. The molecule has 1 aliphatic heterocycles. The summed E-state index contributed by atoms with van der Waals surface area (Å²) in [5, 5.41) is 2.58. The second kappa shape index (κ2) is 11.0. The third kappa shape index (κ3) is 7.46. The Kier molecular flexibility index (Phi) is 8.16. The predicted octanol–water partition coefficient (Wildman–Crippen LogP) is 6.78. The first kappa shape index (κ1) is 27.4. The zero-order chi connectivity index (χ0) is 26.8. The number of hydrogen-bond acceptors (Lipinski definition) is 2. The number of alkyl halides is 6. The van der Waals surface area contributed by atoms with E-state index in [-0.39, 0.29) is 35.2 Å². The number of halogens is 7. The van der Waals surface area contributed by atoms with Crippen LogP contribution in [0.5, 0.6) is 0 Å². The molecule has 1 amide bonds. The van der Waals surface area contributed by atoms with E-state index < -0.39 is 30.0 Å². The highest BCUT2D eigenvalue weighted by Gasteiger charge is 2.38. The molecular formula is C27H29F7N2O. The monoisotopic (exact) mass is 530 g/mol. The molecule has 37 heavy (non-hydrogen) atoms. The van der Waals surface area contributed by atoms with E-state index in [1.165, 1.54) is 12.1 Å². The number of hydrogen-bond donors (Lipinski definition) is 1. The fraction of sp³-hybridized carbons (Fsp3) is 0.519. The second-order valence-electron chi connectivity index (χ2n) is 10.0. The largest absolute Gasteiger partial charge is 0.416 e. The van der Waals surface area contributed by atoms with Crippen molar-refractivity contribution in [3.63, 3.8) is 0 Å². The smallest absolute Gasteiger partial charge is 0.352 e. The Morgan fingerprint density at radius 1 is 0.892 bits per heavy atom. The molecule has 202 valence electrons. The van der Waals surface area contributed by atoms with E-state index in [2.05, 4.69) is 10.2 Å². The minimum Gasteiger partial charge on any atom is -0.352 e. The maximum absolute atomic E-state index is 13.2. The summed E-state index contributed by atoms with van der Waals surface area (Å²) in [4.78, 5) is 15.2. The zero-order valence-corrected chi connectivity index (χ0v) is 20.1. The van der Waals surface area contributed by atoms with Gasteiger partial charge in [-0.25, -0.2) is 4.39 Å². The number of likely N-dealkylation sites (tertiary alicyclic amines) is 1. The van der Waals surface area contributed by atoms with E-state index >= 15 is 0 Å². The van der Waals surface area contributed by atoms with Crippen LogP contribution in [-0.2, 0) is 23.7 Å². The molecule has 10 heteroatoms. The molecule has 2 fully saturated rings. The van der Waals surface area contributed by atoms with E-state index in [0.717, 1.165) is 44.3 Å². The minimum absolute atomic E-state index is 0.0809. The number of rotatable bonds is 8. The van der Waals surface area contributed by atoms with Gasteiger partial charge in [0.15, 0.2) is 0 Å². The van der Waals surface area contributed by atoms with Gasteiger partial charge < -0.3 is 10.2 Å². The Labute approximate surface area is 211 Å². The number of nitrogens with one attached hydrogen (secondary N) is 1. The molecule has 2 aromatic rings. The Bertz CT molecular complexity index is 1040. The third-order valence-electron chi connectivity index (χ3n) is 7.33. The molecule has 3 nitrogen and oxygen atoms in total. The van der Waals surface area contributed by atoms with Crippen molar-refractivity contribution in [2.24, 2.45) is 11.8 Å². The predicted molar refractivity (Wildman–Crippen MR) is 124 cm³/mol. The van der Waals surface area contributed by atoms with Gasteiger partial charge in [-0.1, -0.05) is 12.1 Å². The number of carbonyl (C=O) groups is 1. The average molecular weight is 531 g/mol. The van der Waals surface area contributed by atoms with E-state index in [1.807, 2.05) is 12.1 Å². The first-order valence-electron chi connectivity index (χ1n) is 12.4. The summed E-state index contributed by atoms with van der Waals surface area (Å²) < 4.78 is 91.9. The first-order chi connectivity index (χ1) is 17.4. The van der Waals surface area contributed by atoms with Gasteiger partial charge in [0, 0.05) is 12.5 Å². The van der Waals surface area contributed by atoms with Gasteiger partial charge in [-0.15, -0.1) is 0 Å². The number of amides is 1. The maximum Gasteiger partial charge on any atom is 0.416 e. The van der Waals surface area contributed by atoms with Crippen molar-refractivity contribution in [2.45, 2.75) is 56.9 Å². The van der Waals surface area contributed by atoms with Crippen molar-refractivity contribution in [1.29, 1.82) is 0 Å². The summed E-state index contributed by atoms with van der Waals surface area (Å²) in [5.74, 6) is -0.394. The normalized spacial score (nSPS) is 18.6. The molecule has 1 aliphatic carbocycles. The van der Waals surface area contributed by atoms with Crippen LogP contribution in [0.4, 0.5) is 30.7 Å². The molecular weight excluding hydrogens is 501 g/mol. The summed E-state index contributed by atoms with van der Waals surface area (Å²) in [7, 11) is 0. The standard InChI is InChI=1S/C27H29F7N2O/c28-23-5-3-18(4-6-23)19-7-10-36(11-8-19)12-9-24(20-1-2-20)25(37)35-16-17-13-21(26(29,30)31)15-22(14-17)27(32,33)34/h3-6,13-15,19-20,24H,1-2,7-12,16H2,(H,35,37). The highest BCUT2D eigenvalue weighted by Crippen LogP contribution is 2.40. The van der Waals surface area contributed by atoms with Crippen molar-refractivity contribution in [3.05, 3.63) is 70.5 Å². The lowest BCUT2D eigenvalue weighted by Gasteiger charge is -2.33. The molecule has 1 unspecified atom stereocenters. The number of benzene rings is 2. The number of piperidine rings is 1. The summed E-state index contributed by atoms with van der Waals surface area (Å²) in [6.45, 7) is 1.96. The molecule has 1 atom stereocenters. The lowest BCUT2D eigenvalue weighted by molar-refractivity contribution is -0.143. The molecule has 2 aromatic carbocycles. The van der Waals surface area contributed by atoms with Crippen molar-refractivity contribution in [2.75, 3.05) is 19.6 Å². The van der Waals surface area contributed by atoms with Gasteiger partial charge in [0.2, 0.25) is 5.91 Å². The van der Waals surface area contributed by atoms with E-state index in [1.54, 1.807) is 0 Å². The fourth-order valence-electron chi connectivity index (χ4n) is 5.07. The van der Waals surface area contributed by atoms with E-state index in [9.17, 15) is 35.5 Å². The summed E-state index contributed by atoms with van der Waals surface area (Å²) >= 11 is 0. The van der Waals surface area contributed by atoms with Crippen LogP contribution in [0.25, 0.3) is 0 Å². The summed E-state index contributed by atoms with van der Waals surface area (Å²) in [6, 6.07) is 7.92. The Morgan fingerprint density at radius 2 is 1.46 bits per heavy atom. The van der Waals surface area contributed by atoms with Crippen molar-refractivity contribution < 1.29 is 35.5 Å². The highest BCUT2D eigenvalue weighted by molar-refractivity contribution is 5.79. The Morgan fingerprint density at radius 3 is 1.97 bits per heavy atom. The minimum atomic E-state index is -4.93. The quantitative estimate of drug-likeness (QED) is 0.382. The van der Waals surface area contributed by atoms with Gasteiger partial charge in [-0.2, -0.15) is 26.3 Å². The Hall–Kier alpha value is -2.62. The van der Waals surface area contributed by atoms with E-state index in [4.69, 9.17) is 0 Å². The van der Waals surface area contributed by atoms with Crippen LogP contribution in [0.15, 0.2) is 42.5 Å².